The molecular formula is C26H29N3O4. The van der Waals surface area contributed by atoms with Gasteiger partial charge >= 0.3 is 0 Å². The first-order valence-electron chi connectivity index (χ1n) is 10.9. The fraction of sp³-hybridized carbons (Fsp3) is 0.231. The zero-order chi connectivity index (χ0) is 23.5. The topological polar surface area (TPSA) is 88.7 Å². The van der Waals surface area contributed by atoms with Crippen LogP contribution in [0.3, 0.4) is 0 Å². The minimum absolute atomic E-state index is 0.105. The fourth-order valence-electron chi connectivity index (χ4n) is 3.07. The van der Waals surface area contributed by atoms with E-state index in [1.807, 2.05) is 56.3 Å². The Bertz CT molecular complexity index is 1070. The molecule has 7 heteroatoms. The summed E-state index contributed by atoms with van der Waals surface area (Å²) in [5, 5.41) is 8.78. The summed E-state index contributed by atoms with van der Waals surface area (Å²) in [5.41, 5.74) is 3.70. The number of anilines is 3. The second kappa shape index (κ2) is 12.3. The third-order valence-electron chi connectivity index (χ3n) is 4.69. The SMILES string of the molecule is CCOCCOc1cccc(NCC(=O)Nc2ccc(NC(=O)c3cccc(C)c3)cc2)c1. The molecule has 0 fully saturated rings. The highest BCUT2D eigenvalue weighted by atomic mass is 16.5. The van der Waals surface area contributed by atoms with E-state index in [4.69, 9.17) is 9.47 Å². The minimum Gasteiger partial charge on any atom is -0.491 e. The molecule has 0 saturated carbocycles. The molecule has 0 aliphatic carbocycles. The van der Waals surface area contributed by atoms with Gasteiger partial charge in [0.1, 0.15) is 12.4 Å². The van der Waals surface area contributed by atoms with Crippen LogP contribution in [0.4, 0.5) is 17.1 Å². The van der Waals surface area contributed by atoms with Crippen LogP contribution >= 0.6 is 0 Å². The van der Waals surface area contributed by atoms with E-state index >= 15 is 0 Å². The summed E-state index contributed by atoms with van der Waals surface area (Å²) in [6, 6.07) is 21.8. The highest BCUT2D eigenvalue weighted by Gasteiger charge is 2.07. The highest BCUT2D eigenvalue weighted by molar-refractivity contribution is 6.04. The van der Waals surface area contributed by atoms with Gasteiger partial charge in [0.05, 0.1) is 13.2 Å². The van der Waals surface area contributed by atoms with E-state index in [0.717, 1.165) is 11.3 Å². The number of carbonyl (C=O) groups excluding carboxylic acids is 2. The van der Waals surface area contributed by atoms with Gasteiger partial charge in [0, 0.05) is 35.3 Å². The maximum Gasteiger partial charge on any atom is 0.255 e. The predicted octanol–water partition coefficient (Wildman–Crippen LogP) is 4.71. The van der Waals surface area contributed by atoms with Gasteiger partial charge in [0.25, 0.3) is 5.91 Å². The summed E-state index contributed by atoms with van der Waals surface area (Å²) >= 11 is 0. The maximum atomic E-state index is 12.4. The van der Waals surface area contributed by atoms with E-state index in [9.17, 15) is 9.59 Å². The molecule has 0 atom stereocenters. The molecule has 0 radical (unpaired) electrons. The molecule has 3 N–H and O–H groups in total. The Balaban J connectivity index is 1.45. The van der Waals surface area contributed by atoms with E-state index in [1.54, 1.807) is 30.3 Å². The number of hydrogen-bond donors (Lipinski definition) is 3. The van der Waals surface area contributed by atoms with Crippen molar-refractivity contribution in [1.82, 2.24) is 0 Å². The number of hydrogen-bond acceptors (Lipinski definition) is 5. The van der Waals surface area contributed by atoms with Crippen LogP contribution in [-0.2, 0) is 9.53 Å². The third-order valence-corrected chi connectivity index (χ3v) is 4.69. The van der Waals surface area contributed by atoms with E-state index in [1.165, 1.54) is 0 Å². The lowest BCUT2D eigenvalue weighted by atomic mass is 10.1. The molecule has 0 aliphatic heterocycles. The van der Waals surface area contributed by atoms with Gasteiger partial charge in [-0.25, -0.2) is 0 Å². The summed E-state index contributed by atoms with van der Waals surface area (Å²) in [4.78, 5) is 24.7. The van der Waals surface area contributed by atoms with Gasteiger partial charge < -0.3 is 25.4 Å². The zero-order valence-corrected chi connectivity index (χ0v) is 18.9. The van der Waals surface area contributed by atoms with Gasteiger partial charge in [-0.3, -0.25) is 9.59 Å². The molecule has 3 aromatic carbocycles. The summed E-state index contributed by atoms with van der Waals surface area (Å²) in [7, 11) is 0. The lowest BCUT2D eigenvalue weighted by Gasteiger charge is -2.11. The Kier molecular flexibility index (Phi) is 8.85. The van der Waals surface area contributed by atoms with Crippen LogP contribution in [0.1, 0.15) is 22.8 Å². The average molecular weight is 448 g/mol. The standard InChI is InChI=1S/C26H29N3O4/c1-3-32-14-15-33-24-9-5-8-23(17-24)27-18-25(30)28-21-10-12-22(13-11-21)29-26(31)20-7-4-6-19(2)16-20/h4-13,16-17,27H,3,14-15,18H2,1-2H3,(H,28,30)(H,29,31). The van der Waals surface area contributed by atoms with Crippen LogP contribution in [-0.4, -0.2) is 38.2 Å². The summed E-state index contributed by atoms with van der Waals surface area (Å²) in [6.45, 7) is 5.65. The fourth-order valence-corrected chi connectivity index (χ4v) is 3.07. The number of rotatable bonds is 11. The van der Waals surface area contributed by atoms with Gasteiger partial charge in [-0.2, -0.15) is 0 Å². The first-order chi connectivity index (χ1) is 16.0. The number of aryl methyl sites for hydroxylation is 1. The Morgan fingerprint density at radius 3 is 2.27 bits per heavy atom. The van der Waals surface area contributed by atoms with Crippen LogP contribution in [0.5, 0.6) is 5.75 Å². The predicted molar refractivity (Wildman–Crippen MR) is 131 cm³/mol. The molecule has 172 valence electrons. The smallest absolute Gasteiger partial charge is 0.255 e. The van der Waals surface area contributed by atoms with Crippen molar-refractivity contribution in [2.75, 3.05) is 42.3 Å². The zero-order valence-electron chi connectivity index (χ0n) is 18.9. The van der Waals surface area contributed by atoms with E-state index in [-0.39, 0.29) is 18.4 Å². The Labute approximate surface area is 194 Å². The number of ether oxygens (including phenoxy) is 2. The molecule has 2 amide bonds. The number of amides is 2. The lowest BCUT2D eigenvalue weighted by Crippen LogP contribution is -2.21. The van der Waals surface area contributed by atoms with E-state index in [0.29, 0.717) is 42.5 Å². The molecule has 7 nitrogen and oxygen atoms in total. The van der Waals surface area contributed by atoms with Gasteiger partial charge in [-0.1, -0.05) is 23.8 Å². The monoisotopic (exact) mass is 447 g/mol. The Hall–Kier alpha value is -3.84. The molecule has 33 heavy (non-hydrogen) atoms. The number of nitrogens with one attached hydrogen (secondary N) is 3. The lowest BCUT2D eigenvalue weighted by molar-refractivity contribution is -0.114. The van der Waals surface area contributed by atoms with E-state index in [2.05, 4.69) is 16.0 Å². The van der Waals surface area contributed by atoms with Gasteiger partial charge in [-0.05, 0) is 62.4 Å². The van der Waals surface area contributed by atoms with Crippen molar-refractivity contribution in [1.29, 1.82) is 0 Å². The third kappa shape index (κ3) is 7.97. The number of benzene rings is 3. The Morgan fingerprint density at radius 1 is 0.818 bits per heavy atom. The summed E-state index contributed by atoms with van der Waals surface area (Å²) in [5.74, 6) is 0.349. The van der Waals surface area contributed by atoms with Crippen molar-refractivity contribution in [3.8, 4) is 5.75 Å². The molecular weight excluding hydrogens is 418 g/mol. The quantitative estimate of drug-likeness (QED) is 0.371. The molecule has 3 rings (SSSR count). The summed E-state index contributed by atoms with van der Waals surface area (Å²) < 4.78 is 10.9. The maximum absolute atomic E-state index is 12.4. The first-order valence-corrected chi connectivity index (χ1v) is 10.9. The average Bonchev–Trinajstić information content (AvgIpc) is 2.82. The second-order valence-corrected chi connectivity index (χ2v) is 7.38. The van der Waals surface area contributed by atoms with Gasteiger partial charge in [0.2, 0.25) is 5.91 Å². The normalized spacial score (nSPS) is 10.4. The minimum atomic E-state index is -0.186. The largest absolute Gasteiger partial charge is 0.491 e. The molecule has 3 aromatic rings. The second-order valence-electron chi connectivity index (χ2n) is 7.38. The number of carbonyl (C=O) groups is 2. The van der Waals surface area contributed by atoms with Crippen molar-refractivity contribution in [3.63, 3.8) is 0 Å². The molecule has 0 aromatic heterocycles. The summed E-state index contributed by atoms with van der Waals surface area (Å²) in [6.07, 6.45) is 0. The van der Waals surface area contributed by atoms with Crippen molar-refractivity contribution in [3.05, 3.63) is 83.9 Å². The van der Waals surface area contributed by atoms with Crippen molar-refractivity contribution in [2.45, 2.75) is 13.8 Å². The molecule has 0 bridgehead atoms. The molecule has 0 aliphatic rings. The first kappa shape index (κ1) is 23.8. The van der Waals surface area contributed by atoms with Crippen LogP contribution in [0.2, 0.25) is 0 Å². The van der Waals surface area contributed by atoms with Crippen LogP contribution < -0.4 is 20.7 Å². The van der Waals surface area contributed by atoms with Crippen LogP contribution in [0, 0.1) is 6.92 Å². The van der Waals surface area contributed by atoms with Crippen molar-refractivity contribution < 1.29 is 19.1 Å². The van der Waals surface area contributed by atoms with Crippen molar-refractivity contribution >= 4 is 28.9 Å². The molecule has 0 saturated heterocycles. The van der Waals surface area contributed by atoms with Crippen LogP contribution in [0.25, 0.3) is 0 Å². The molecule has 0 unspecified atom stereocenters. The van der Waals surface area contributed by atoms with Gasteiger partial charge in [0.15, 0.2) is 0 Å². The molecule has 0 heterocycles. The molecule has 0 spiro atoms. The van der Waals surface area contributed by atoms with Crippen molar-refractivity contribution in [2.24, 2.45) is 0 Å². The van der Waals surface area contributed by atoms with Crippen LogP contribution in [0.15, 0.2) is 72.8 Å². The van der Waals surface area contributed by atoms with Gasteiger partial charge in [-0.15, -0.1) is 0 Å². The highest BCUT2D eigenvalue weighted by Crippen LogP contribution is 2.18. The van der Waals surface area contributed by atoms with E-state index < -0.39 is 0 Å². The Morgan fingerprint density at radius 2 is 1.55 bits per heavy atom.